The smallest absolute Gasteiger partial charge is 0.180 e. The molecule has 0 saturated heterocycles. The Kier molecular flexibility index (Phi) is 4.15. The second-order valence-corrected chi connectivity index (χ2v) is 8.19. The van der Waals surface area contributed by atoms with Crippen molar-refractivity contribution in [2.24, 2.45) is 0 Å². The predicted octanol–water partition coefficient (Wildman–Crippen LogP) is 3.56. The van der Waals surface area contributed by atoms with Crippen LogP contribution in [-0.2, 0) is 16.3 Å². The van der Waals surface area contributed by atoms with Gasteiger partial charge in [0.15, 0.2) is 9.84 Å². The van der Waals surface area contributed by atoms with E-state index in [2.05, 4.69) is 24.0 Å². The lowest BCUT2D eigenvalue weighted by Crippen LogP contribution is -2.33. The largest absolute Gasteiger partial charge is 0.367 e. The normalized spacial score (nSPS) is 17.5. The summed E-state index contributed by atoms with van der Waals surface area (Å²) < 4.78 is 24.9. The van der Waals surface area contributed by atoms with Crippen LogP contribution in [0.2, 0.25) is 5.02 Å². The molecular weight excluding hydrogens is 318 g/mol. The third kappa shape index (κ3) is 2.99. The van der Waals surface area contributed by atoms with E-state index in [0.29, 0.717) is 22.5 Å². The van der Waals surface area contributed by atoms with Crippen molar-refractivity contribution in [3.8, 4) is 0 Å². The van der Waals surface area contributed by atoms with Gasteiger partial charge in [-0.05, 0) is 49.2 Å². The van der Waals surface area contributed by atoms with Crippen molar-refractivity contribution in [2.45, 2.75) is 24.3 Å². The molecule has 116 valence electrons. The summed E-state index contributed by atoms with van der Waals surface area (Å²) in [4.78, 5) is 2.51. The molecule has 1 aliphatic rings. The van der Waals surface area contributed by atoms with Crippen molar-refractivity contribution in [1.29, 1.82) is 0 Å². The minimum atomic E-state index is -3.29. The van der Waals surface area contributed by atoms with Gasteiger partial charge >= 0.3 is 0 Å². The van der Waals surface area contributed by atoms with Gasteiger partial charge in [-0.3, -0.25) is 0 Å². The molecule has 2 aromatic rings. The van der Waals surface area contributed by atoms with Gasteiger partial charge < -0.3 is 4.90 Å². The molecule has 0 aromatic heterocycles. The fourth-order valence-electron chi connectivity index (χ4n) is 2.95. The second-order valence-electron chi connectivity index (χ2n) is 5.65. The van der Waals surface area contributed by atoms with E-state index >= 15 is 0 Å². The van der Waals surface area contributed by atoms with Crippen molar-refractivity contribution in [2.75, 3.05) is 17.2 Å². The zero-order valence-corrected chi connectivity index (χ0v) is 13.9. The highest BCUT2D eigenvalue weighted by Crippen LogP contribution is 2.31. The molecule has 5 heteroatoms. The summed E-state index contributed by atoms with van der Waals surface area (Å²) in [5, 5.41) is 0.543. The van der Waals surface area contributed by atoms with Crippen molar-refractivity contribution >= 4 is 27.1 Å². The Labute approximate surface area is 136 Å². The quantitative estimate of drug-likeness (QED) is 0.857. The Morgan fingerprint density at radius 3 is 2.55 bits per heavy atom. The van der Waals surface area contributed by atoms with E-state index in [0.717, 1.165) is 12.1 Å². The van der Waals surface area contributed by atoms with Crippen LogP contribution in [0.4, 0.5) is 5.69 Å². The summed E-state index contributed by atoms with van der Waals surface area (Å²) in [6, 6.07) is 14.9. The van der Waals surface area contributed by atoms with Crippen molar-refractivity contribution in [3.63, 3.8) is 0 Å². The molecule has 0 aliphatic carbocycles. The molecule has 3 rings (SSSR count). The SMILES string of the molecule is C[C@@H]1Cc2ccccc2N1CCS(=O)(=O)c1ccc(Cl)cc1. The standard InChI is InChI=1S/C17H18ClNO2S/c1-13-12-14-4-2-3-5-17(14)19(13)10-11-22(20,21)16-8-6-15(18)7-9-16/h2-9,13H,10-12H2,1H3/t13-/m1/s1. The number of halogens is 1. The maximum absolute atomic E-state index is 12.4. The van der Waals surface area contributed by atoms with E-state index in [1.54, 1.807) is 24.3 Å². The number of sulfone groups is 1. The molecule has 0 unspecified atom stereocenters. The van der Waals surface area contributed by atoms with Gasteiger partial charge in [-0.25, -0.2) is 8.42 Å². The van der Waals surface area contributed by atoms with Gasteiger partial charge in [-0.15, -0.1) is 0 Å². The van der Waals surface area contributed by atoms with E-state index in [-0.39, 0.29) is 5.75 Å². The average Bonchev–Trinajstić information content (AvgIpc) is 2.81. The van der Waals surface area contributed by atoms with Crippen molar-refractivity contribution < 1.29 is 8.42 Å². The fourth-order valence-corrected chi connectivity index (χ4v) is 4.30. The number of hydrogen-bond donors (Lipinski definition) is 0. The van der Waals surface area contributed by atoms with Crippen molar-refractivity contribution in [3.05, 3.63) is 59.1 Å². The van der Waals surface area contributed by atoms with Gasteiger partial charge in [0.25, 0.3) is 0 Å². The Morgan fingerprint density at radius 2 is 1.82 bits per heavy atom. The summed E-state index contributed by atoms with van der Waals surface area (Å²) in [6.07, 6.45) is 0.969. The van der Waals surface area contributed by atoms with Crippen LogP contribution in [-0.4, -0.2) is 26.8 Å². The molecule has 1 heterocycles. The minimum Gasteiger partial charge on any atom is -0.367 e. The second kappa shape index (κ2) is 5.94. The topological polar surface area (TPSA) is 37.4 Å². The maximum atomic E-state index is 12.4. The molecular formula is C17H18ClNO2S. The Bertz CT molecular complexity index is 772. The molecule has 0 bridgehead atoms. The zero-order chi connectivity index (χ0) is 15.7. The summed E-state index contributed by atoms with van der Waals surface area (Å²) in [5.74, 6) is 0.104. The highest BCUT2D eigenvalue weighted by atomic mass is 35.5. The van der Waals surface area contributed by atoms with Crippen LogP contribution in [0.25, 0.3) is 0 Å². The monoisotopic (exact) mass is 335 g/mol. The highest BCUT2D eigenvalue weighted by Gasteiger charge is 2.27. The van der Waals surface area contributed by atoms with Gasteiger partial charge in [0.2, 0.25) is 0 Å². The third-order valence-electron chi connectivity index (χ3n) is 4.12. The number of benzene rings is 2. The van der Waals surface area contributed by atoms with Gasteiger partial charge in [0.1, 0.15) is 0 Å². The van der Waals surface area contributed by atoms with E-state index in [4.69, 9.17) is 11.6 Å². The predicted molar refractivity (Wildman–Crippen MR) is 90.5 cm³/mol. The lowest BCUT2D eigenvalue weighted by atomic mass is 10.1. The number of para-hydroxylation sites is 1. The molecule has 3 nitrogen and oxygen atoms in total. The molecule has 0 saturated carbocycles. The molecule has 2 aromatic carbocycles. The van der Waals surface area contributed by atoms with E-state index in [1.165, 1.54) is 5.56 Å². The lowest BCUT2D eigenvalue weighted by molar-refractivity contribution is 0.592. The number of anilines is 1. The fraction of sp³-hybridized carbons (Fsp3) is 0.294. The Hall–Kier alpha value is -1.52. The highest BCUT2D eigenvalue weighted by molar-refractivity contribution is 7.91. The van der Waals surface area contributed by atoms with Crippen LogP contribution in [0.15, 0.2) is 53.4 Å². The number of rotatable bonds is 4. The van der Waals surface area contributed by atoms with Crippen LogP contribution in [0.3, 0.4) is 0 Å². The molecule has 0 radical (unpaired) electrons. The van der Waals surface area contributed by atoms with Gasteiger partial charge in [-0.1, -0.05) is 29.8 Å². The maximum Gasteiger partial charge on any atom is 0.180 e. The first-order chi connectivity index (χ1) is 10.5. The van der Waals surface area contributed by atoms with Crippen LogP contribution in [0, 0.1) is 0 Å². The average molecular weight is 336 g/mol. The molecule has 1 aliphatic heterocycles. The molecule has 0 spiro atoms. The summed E-state index contributed by atoms with van der Waals surface area (Å²) in [6.45, 7) is 2.64. The minimum absolute atomic E-state index is 0.104. The first kappa shape index (κ1) is 15.4. The first-order valence-electron chi connectivity index (χ1n) is 7.30. The van der Waals surface area contributed by atoms with E-state index in [1.807, 2.05) is 12.1 Å². The number of fused-ring (bicyclic) bond motifs is 1. The summed E-state index contributed by atoms with van der Waals surface area (Å²) >= 11 is 5.81. The van der Waals surface area contributed by atoms with Gasteiger partial charge in [-0.2, -0.15) is 0 Å². The summed E-state index contributed by atoms with van der Waals surface area (Å²) in [5.41, 5.74) is 2.44. The molecule has 22 heavy (non-hydrogen) atoms. The van der Waals surface area contributed by atoms with Crippen LogP contribution >= 0.6 is 11.6 Å². The third-order valence-corrected chi connectivity index (χ3v) is 6.08. The molecule has 1 atom stereocenters. The number of nitrogens with zero attached hydrogens (tertiary/aromatic N) is 1. The Morgan fingerprint density at radius 1 is 1.14 bits per heavy atom. The zero-order valence-electron chi connectivity index (χ0n) is 12.4. The molecule has 0 amide bonds. The van der Waals surface area contributed by atoms with Crippen molar-refractivity contribution in [1.82, 2.24) is 0 Å². The van der Waals surface area contributed by atoms with Crippen LogP contribution < -0.4 is 4.90 Å². The molecule has 0 fully saturated rings. The van der Waals surface area contributed by atoms with Crippen LogP contribution in [0.5, 0.6) is 0 Å². The first-order valence-corrected chi connectivity index (χ1v) is 9.33. The van der Waals surface area contributed by atoms with E-state index < -0.39 is 9.84 Å². The van der Waals surface area contributed by atoms with Gasteiger partial charge in [0.05, 0.1) is 10.6 Å². The van der Waals surface area contributed by atoms with E-state index in [9.17, 15) is 8.42 Å². The number of hydrogen-bond acceptors (Lipinski definition) is 3. The molecule has 0 N–H and O–H groups in total. The van der Waals surface area contributed by atoms with Crippen LogP contribution in [0.1, 0.15) is 12.5 Å². The lowest BCUT2D eigenvalue weighted by Gasteiger charge is -2.24. The summed E-state index contributed by atoms with van der Waals surface area (Å²) in [7, 11) is -3.29. The van der Waals surface area contributed by atoms with Gasteiger partial charge in [0, 0.05) is 23.3 Å². The Balaban J connectivity index is 1.76.